The van der Waals surface area contributed by atoms with Gasteiger partial charge in [-0.1, -0.05) is 0 Å². The van der Waals surface area contributed by atoms with Crippen molar-refractivity contribution in [3.8, 4) is 16.3 Å². The SMILES string of the molecule is CN(C)c1cc(-c2nccs2)c(O)c2c1CC1CC3C(N(C)C)C(=O)C(C(N)=O)=C(O)C3(O)C(=O)C1=C2O. The number of hydrogen-bond donors (Lipinski definition) is 5. The summed E-state index contributed by atoms with van der Waals surface area (Å²) >= 11 is 1.29. The van der Waals surface area contributed by atoms with Crippen LogP contribution in [0.5, 0.6) is 5.75 Å². The van der Waals surface area contributed by atoms with Crippen LogP contribution in [0.25, 0.3) is 16.3 Å². The number of primary amides is 1. The van der Waals surface area contributed by atoms with Crippen LogP contribution in [0, 0.1) is 11.8 Å². The Morgan fingerprint density at radius 3 is 2.42 bits per heavy atom. The molecule has 1 saturated carbocycles. The number of carbonyl (C=O) groups is 3. The highest BCUT2D eigenvalue weighted by Gasteiger charge is 2.64. The minimum atomic E-state index is -2.67. The van der Waals surface area contributed by atoms with Crippen LogP contribution in [-0.2, 0) is 20.8 Å². The lowest BCUT2D eigenvalue weighted by atomic mass is 9.57. The summed E-state index contributed by atoms with van der Waals surface area (Å²) in [5, 5.41) is 47.7. The molecular formula is C26H28N4O7S. The molecule has 0 aliphatic heterocycles. The van der Waals surface area contributed by atoms with Crippen LogP contribution < -0.4 is 10.6 Å². The molecular weight excluding hydrogens is 512 g/mol. The maximum atomic E-state index is 14.0. The highest BCUT2D eigenvalue weighted by Crippen LogP contribution is 2.54. The van der Waals surface area contributed by atoms with Gasteiger partial charge in [0.2, 0.25) is 5.78 Å². The van der Waals surface area contributed by atoms with E-state index in [0.29, 0.717) is 21.8 Å². The topological polar surface area (TPSA) is 178 Å². The third-order valence-electron chi connectivity index (χ3n) is 7.84. The lowest BCUT2D eigenvalue weighted by molar-refractivity contribution is -0.153. The van der Waals surface area contributed by atoms with Gasteiger partial charge in [0.15, 0.2) is 11.4 Å². The number of rotatable bonds is 4. The number of carbonyl (C=O) groups excluding carboxylic acids is 3. The monoisotopic (exact) mass is 540 g/mol. The first-order valence-electron chi connectivity index (χ1n) is 11.9. The quantitative estimate of drug-likeness (QED) is 0.354. The van der Waals surface area contributed by atoms with Crippen molar-refractivity contribution in [1.29, 1.82) is 0 Å². The second kappa shape index (κ2) is 8.65. The Hall–Kier alpha value is -3.74. The molecule has 1 aromatic carbocycles. The molecule has 0 radical (unpaired) electrons. The predicted octanol–water partition coefficient (Wildman–Crippen LogP) is 1.15. The molecule has 2 aromatic rings. The number of hydrogen-bond acceptors (Lipinski definition) is 11. The van der Waals surface area contributed by atoms with Crippen molar-refractivity contribution in [2.75, 3.05) is 33.1 Å². The number of thiazole rings is 1. The number of nitrogens with two attached hydrogens (primary N) is 1. The molecule has 5 rings (SSSR count). The molecule has 4 atom stereocenters. The van der Waals surface area contributed by atoms with E-state index in [4.69, 9.17) is 5.73 Å². The van der Waals surface area contributed by atoms with E-state index >= 15 is 0 Å². The number of anilines is 1. The van der Waals surface area contributed by atoms with Crippen molar-refractivity contribution in [3.05, 3.63) is 45.7 Å². The van der Waals surface area contributed by atoms with Gasteiger partial charge in [0.25, 0.3) is 5.91 Å². The Balaban J connectivity index is 1.78. The summed E-state index contributed by atoms with van der Waals surface area (Å²) < 4.78 is 0. The smallest absolute Gasteiger partial charge is 0.255 e. The molecule has 6 N–H and O–H groups in total. The van der Waals surface area contributed by atoms with Crippen molar-refractivity contribution in [3.63, 3.8) is 0 Å². The fourth-order valence-corrected chi connectivity index (χ4v) is 6.87. The van der Waals surface area contributed by atoms with E-state index in [-0.39, 0.29) is 29.7 Å². The van der Waals surface area contributed by atoms with E-state index in [0.717, 1.165) is 0 Å². The summed E-state index contributed by atoms with van der Waals surface area (Å²) in [5.74, 6) is -6.75. The van der Waals surface area contributed by atoms with E-state index in [1.807, 2.05) is 19.0 Å². The lowest BCUT2D eigenvalue weighted by Gasteiger charge is -2.50. The third kappa shape index (κ3) is 3.33. The van der Waals surface area contributed by atoms with Crippen molar-refractivity contribution >= 4 is 40.3 Å². The first-order valence-corrected chi connectivity index (χ1v) is 12.8. The molecule has 200 valence electrons. The molecule has 1 fully saturated rings. The zero-order chi connectivity index (χ0) is 27.8. The molecule has 0 saturated heterocycles. The van der Waals surface area contributed by atoms with E-state index < -0.39 is 58.0 Å². The number of benzene rings is 1. The molecule has 4 unspecified atom stereocenters. The highest BCUT2D eigenvalue weighted by molar-refractivity contribution is 7.13. The minimum absolute atomic E-state index is 0.0353. The van der Waals surface area contributed by atoms with Crippen molar-refractivity contribution in [2.45, 2.75) is 24.5 Å². The zero-order valence-electron chi connectivity index (χ0n) is 21.2. The summed E-state index contributed by atoms with van der Waals surface area (Å²) in [5.41, 5.74) is 3.37. The molecule has 1 heterocycles. The van der Waals surface area contributed by atoms with Crippen LogP contribution in [0.4, 0.5) is 5.69 Å². The molecule has 1 amide bonds. The van der Waals surface area contributed by atoms with Gasteiger partial charge < -0.3 is 31.1 Å². The Kier molecular flexibility index (Phi) is 5.89. The summed E-state index contributed by atoms with van der Waals surface area (Å²) in [7, 11) is 6.76. The summed E-state index contributed by atoms with van der Waals surface area (Å²) in [6, 6.07) is 0.647. The van der Waals surface area contributed by atoms with Crippen LogP contribution in [0.3, 0.4) is 0 Å². The predicted molar refractivity (Wildman–Crippen MR) is 140 cm³/mol. The maximum absolute atomic E-state index is 14.0. The zero-order valence-corrected chi connectivity index (χ0v) is 22.0. The highest BCUT2D eigenvalue weighted by atomic mass is 32.1. The molecule has 3 aliphatic rings. The van der Waals surface area contributed by atoms with Crippen LogP contribution in [0.2, 0.25) is 0 Å². The Morgan fingerprint density at radius 2 is 1.87 bits per heavy atom. The number of aliphatic hydroxyl groups excluding tert-OH is 2. The average Bonchev–Trinajstić information content (AvgIpc) is 3.35. The van der Waals surface area contributed by atoms with Gasteiger partial charge in [-0.2, -0.15) is 0 Å². The molecule has 11 nitrogen and oxygen atoms in total. The van der Waals surface area contributed by atoms with Gasteiger partial charge in [0.1, 0.15) is 27.8 Å². The van der Waals surface area contributed by atoms with E-state index in [2.05, 4.69) is 4.98 Å². The van der Waals surface area contributed by atoms with Gasteiger partial charge in [-0.3, -0.25) is 19.3 Å². The number of likely N-dealkylation sites (N-methyl/N-ethyl adjacent to an activating group) is 1. The number of aromatic hydroxyl groups is 1. The van der Waals surface area contributed by atoms with Gasteiger partial charge >= 0.3 is 0 Å². The molecule has 12 heteroatoms. The van der Waals surface area contributed by atoms with Gasteiger partial charge in [-0.05, 0) is 44.5 Å². The second-order valence-corrected chi connectivity index (χ2v) is 11.2. The van der Waals surface area contributed by atoms with Gasteiger partial charge in [-0.15, -0.1) is 11.3 Å². The third-order valence-corrected chi connectivity index (χ3v) is 8.65. The van der Waals surface area contributed by atoms with Gasteiger partial charge in [0.05, 0.1) is 17.2 Å². The average molecular weight is 541 g/mol. The van der Waals surface area contributed by atoms with Gasteiger partial charge in [-0.25, -0.2) is 4.98 Å². The molecule has 3 aliphatic carbocycles. The van der Waals surface area contributed by atoms with Crippen molar-refractivity contribution in [2.24, 2.45) is 17.6 Å². The fraction of sp³-hybridized carbons (Fsp3) is 0.385. The number of amides is 1. The Morgan fingerprint density at radius 1 is 1.18 bits per heavy atom. The van der Waals surface area contributed by atoms with E-state index in [9.17, 15) is 34.8 Å². The maximum Gasteiger partial charge on any atom is 0.255 e. The number of Topliss-reactive ketones (excluding diaryl/α,β-unsaturated/α-hetero) is 2. The summed E-state index contributed by atoms with van der Waals surface area (Å²) in [4.78, 5) is 46.9. The number of aromatic nitrogens is 1. The first kappa shape index (κ1) is 25.9. The van der Waals surface area contributed by atoms with Gasteiger partial charge in [0, 0.05) is 42.9 Å². The number of fused-ring (bicyclic) bond motifs is 3. The van der Waals surface area contributed by atoms with Crippen molar-refractivity contribution < 1.29 is 34.8 Å². The standard InChI is InChI=1S/C26H28N4O7S/c1-29(2)14-9-12(25-28-5-6-38-25)19(31)16-11(14)7-10-8-13-18(30(3)4)21(33)17(24(27)36)23(35)26(13,37)22(34)15(10)20(16)32/h5-6,9-10,13,18,31-32,35,37H,7-8H2,1-4H3,(H2,27,36). The number of phenols is 1. The number of phenolic OH excluding ortho intramolecular Hbond substituents is 1. The number of nitrogens with zero attached hydrogens (tertiary/aromatic N) is 3. The van der Waals surface area contributed by atoms with E-state index in [1.165, 1.54) is 16.2 Å². The summed E-state index contributed by atoms with van der Waals surface area (Å²) in [6.45, 7) is 0. The minimum Gasteiger partial charge on any atom is -0.508 e. The number of ketones is 2. The largest absolute Gasteiger partial charge is 0.508 e. The fourth-order valence-electron chi connectivity index (χ4n) is 6.21. The molecule has 0 spiro atoms. The lowest BCUT2D eigenvalue weighted by Crippen LogP contribution is -2.65. The second-order valence-electron chi connectivity index (χ2n) is 10.3. The van der Waals surface area contributed by atoms with Crippen LogP contribution in [0.15, 0.2) is 34.5 Å². The normalized spacial score (nSPS) is 26.8. The van der Waals surface area contributed by atoms with Crippen LogP contribution >= 0.6 is 11.3 Å². The summed E-state index contributed by atoms with van der Waals surface area (Å²) in [6.07, 6.45) is 1.83. The van der Waals surface area contributed by atoms with Crippen LogP contribution in [-0.4, -0.2) is 87.6 Å². The van der Waals surface area contributed by atoms with Crippen molar-refractivity contribution in [1.82, 2.24) is 9.88 Å². The van der Waals surface area contributed by atoms with E-state index in [1.54, 1.807) is 31.7 Å². The first-order chi connectivity index (χ1) is 17.8. The molecule has 38 heavy (non-hydrogen) atoms. The molecule has 1 aromatic heterocycles. The van der Waals surface area contributed by atoms with Crippen LogP contribution in [0.1, 0.15) is 17.5 Å². The Labute approximate surface area is 222 Å². The number of aliphatic hydroxyl groups is 3. The molecule has 0 bridgehead atoms. The Bertz CT molecular complexity index is 1460.